The summed E-state index contributed by atoms with van der Waals surface area (Å²) in [7, 11) is 0. The lowest BCUT2D eigenvalue weighted by Crippen LogP contribution is -2.74. The zero-order valence-corrected chi connectivity index (χ0v) is 29.9. The van der Waals surface area contributed by atoms with Gasteiger partial charge in [-0.3, -0.25) is 4.79 Å². The van der Waals surface area contributed by atoms with E-state index in [2.05, 4.69) is 11.7 Å². The average molecular weight is 815 g/mol. The predicted octanol–water partition coefficient (Wildman–Crippen LogP) is 14.4. The van der Waals surface area contributed by atoms with Gasteiger partial charge < -0.3 is 4.74 Å². The summed E-state index contributed by atoms with van der Waals surface area (Å²) in [5.74, 6) is -59.0. The first-order valence-electron chi connectivity index (χ1n) is 18.0. The highest BCUT2D eigenvalue weighted by Crippen LogP contribution is 2.64. The van der Waals surface area contributed by atoms with Crippen molar-refractivity contribution in [3.63, 3.8) is 0 Å². The van der Waals surface area contributed by atoms with Gasteiger partial charge in [0.25, 0.3) is 0 Å². The second-order valence-corrected chi connectivity index (χ2v) is 13.5. The van der Waals surface area contributed by atoms with Crippen LogP contribution in [0.25, 0.3) is 0 Å². The Morgan fingerprint density at radius 1 is 0.415 bits per heavy atom. The zero-order valence-electron chi connectivity index (χ0n) is 29.9. The van der Waals surface area contributed by atoms with Crippen LogP contribution >= 0.6 is 0 Å². The van der Waals surface area contributed by atoms with Crippen LogP contribution in [0.2, 0.25) is 0 Å². The van der Waals surface area contributed by atoms with Gasteiger partial charge in [0.2, 0.25) is 0 Å². The van der Waals surface area contributed by atoms with Crippen molar-refractivity contribution in [2.75, 3.05) is 6.61 Å². The Bertz CT molecular complexity index is 1030. The van der Waals surface area contributed by atoms with Gasteiger partial charge in [0.1, 0.15) is 0 Å². The highest BCUT2D eigenvalue weighted by atomic mass is 19.4. The normalized spacial score (nSPS) is 14.8. The van der Waals surface area contributed by atoms with Crippen LogP contribution in [0.4, 0.5) is 74.6 Å². The topological polar surface area (TPSA) is 26.3 Å². The van der Waals surface area contributed by atoms with Crippen molar-refractivity contribution in [3.8, 4) is 0 Å². The lowest BCUT2D eigenvalue weighted by atomic mass is 9.88. The molecule has 0 aliphatic heterocycles. The minimum Gasteiger partial charge on any atom is -0.465 e. The van der Waals surface area contributed by atoms with Crippen LogP contribution in [-0.2, 0) is 9.53 Å². The van der Waals surface area contributed by atoms with E-state index in [9.17, 15) is 79.4 Å². The maximum atomic E-state index is 14.3. The van der Waals surface area contributed by atoms with Gasteiger partial charge in [-0.25, -0.2) is 0 Å². The summed E-state index contributed by atoms with van der Waals surface area (Å²) in [6.07, 6.45) is 5.89. The van der Waals surface area contributed by atoms with E-state index in [0.29, 0.717) is 25.7 Å². The maximum Gasteiger partial charge on any atom is 0.460 e. The molecule has 2 nitrogen and oxygen atoms in total. The van der Waals surface area contributed by atoms with Crippen LogP contribution in [0.5, 0.6) is 0 Å². The number of halogens is 17. The van der Waals surface area contributed by atoms with Crippen LogP contribution in [-0.4, -0.2) is 60.2 Å². The fourth-order valence-electron chi connectivity index (χ4n) is 5.53. The van der Waals surface area contributed by atoms with E-state index < -0.39 is 72.5 Å². The number of esters is 1. The summed E-state index contributed by atoms with van der Waals surface area (Å²) < 4.78 is 235. The monoisotopic (exact) mass is 814 g/mol. The van der Waals surface area contributed by atoms with E-state index >= 15 is 0 Å². The minimum absolute atomic E-state index is 0.147. The SMILES string of the molecule is CCCCCCCCCCCCC(CCCCCCCCCC)C(=O)OCCC(F)(F)C(F)(F)C(F)(F)C(F)(F)C(F)(F)C(F)(F)C(F)(F)C(F)(F)F. The molecule has 1 unspecified atom stereocenters. The van der Waals surface area contributed by atoms with E-state index in [4.69, 9.17) is 0 Å². The van der Waals surface area contributed by atoms with Crippen molar-refractivity contribution in [3.05, 3.63) is 0 Å². The fraction of sp³-hybridized carbons (Fsp3) is 0.971. The number of carbonyl (C=O) groups is 1. The Balaban J connectivity index is 5.64. The molecule has 0 amide bonds. The van der Waals surface area contributed by atoms with Crippen LogP contribution in [0.3, 0.4) is 0 Å². The number of unbranched alkanes of at least 4 members (excludes halogenated alkanes) is 16. The first-order chi connectivity index (χ1) is 24.2. The molecule has 0 fully saturated rings. The molecule has 53 heavy (non-hydrogen) atoms. The molecule has 0 aliphatic carbocycles. The third-order valence-electron chi connectivity index (χ3n) is 9.09. The molecule has 318 valence electrons. The van der Waals surface area contributed by atoms with E-state index in [1.807, 2.05) is 6.92 Å². The number of carbonyl (C=O) groups excluding carboxylic acids is 1. The van der Waals surface area contributed by atoms with Crippen molar-refractivity contribution >= 4 is 5.97 Å². The summed E-state index contributed by atoms with van der Waals surface area (Å²) in [6, 6.07) is 0. The minimum atomic E-state index is -8.67. The van der Waals surface area contributed by atoms with E-state index in [1.54, 1.807) is 0 Å². The molecule has 0 heterocycles. The van der Waals surface area contributed by atoms with Gasteiger partial charge in [-0.15, -0.1) is 0 Å². The predicted molar refractivity (Wildman–Crippen MR) is 163 cm³/mol. The van der Waals surface area contributed by atoms with Gasteiger partial charge in [0, 0.05) is 0 Å². The van der Waals surface area contributed by atoms with Crippen molar-refractivity contribution in [2.45, 2.75) is 196 Å². The molecule has 19 heteroatoms. The second kappa shape index (κ2) is 21.5. The molecule has 0 aromatic rings. The molecular weight excluding hydrogens is 763 g/mol. The van der Waals surface area contributed by atoms with Gasteiger partial charge in [0.05, 0.1) is 18.9 Å². The molecule has 0 spiro atoms. The summed E-state index contributed by atoms with van der Waals surface area (Å²) in [6.45, 7) is 2.23. The maximum absolute atomic E-state index is 14.3. The van der Waals surface area contributed by atoms with Gasteiger partial charge in [0.15, 0.2) is 0 Å². The van der Waals surface area contributed by atoms with Gasteiger partial charge in [-0.1, -0.05) is 129 Å². The second-order valence-electron chi connectivity index (χ2n) is 13.5. The lowest BCUT2D eigenvalue weighted by molar-refractivity contribution is -0.461. The van der Waals surface area contributed by atoms with Gasteiger partial charge in [-0.05, 0) is 12.8 Å². The quantitative estimate of drug-likeness (QED) is 0.0410. The van der Waals surface area contributed by atoms with Crippen molar-refractivity contribution in [2.24, 2.45) is 5.92 Å². The third kappa shape index (κ3) is 13.2. The number of hydrogen-bond acceptors (Lipinski definition) is 2. The Morgan fingerprint density at radius 2 is 0.698 bits per heavy atom. The molecule has 0 N–H and O–H groups in total. The number of alkyl halides is 17. The number of ether oxygens (including phenoxy) is 1. The van der Waals surface area contributed by atoms with Crippen LogP contribution in [0, 0.1) is 5.92 Å². The first kappa shape index (κ1) is 51.3. The molecular formula is C34H51F17O2. The summed E-state index contributed by atoms with van der Waals surface area (Å²) in [5.41, 5.74) is 0. The number of rotatable bonds is 30. The molecule has 0 aromatic carbocycles. The van der Waals surface area contributed by atoms with Crippen LogP contribution < -0.4 is 0 Å². The Morgan fingerprint density at radius 3 is 1.02 bits per heavy atom. The first-order valence-corrected chi connectivity index (χ1v) is 18.0. The van der Waals surface area contributed by atoms with Crippen molar-refractivity contribution < 1.29 is 84.2 Å². The van der Waals surface area contributed by atoms with Crippen LogP contribution in [0.15, 0.2) is 0 Å². The number of hydrogen-bond donors (Lipinski definition) is 0. The molecule has 0 aromatic heterocycles. The van der Waals surface area contributed by atoms with Crippen LogP contribution in [0.1, 0.15) is 149 Å². The summed E-state index contributed by atoms with van der Waals surface area (Å²) in [5, 5.41) is 0. The smallest absolute Gasteiger partial charge is 0.460 e. The Hall–Kier alpha value is -1.72. The van der Waals surface area contributed by atoms with Crippen molar-refractivity contribution in [1.29, 1.82) is 0 Å². The van der Waals surface area contributed by atoms with Crippen molar-refractivity contribution in [1.82, 2.24) is 0 Å². The molecule has 0 radical (unpaired) electrons. The fourth-order valence-corrected chi connectivity index (χ4v) is 5.53. The summed E-state index contributed by atoms with van der Waals surface area (Å²) in [4.78, 5) is 12.7. The molecule has 0 saturated heterocycles. The standard InChI is InChI=1S/C34H51F17O2/c1-3-5-7-9-11-13-14-16-18-20-22-25(21-19-17-15-12-10-8-6-4-2)26(52)53-24-23-27(35,36)28(37,38)29(39,40)30(41,42)31(43,44)32(45,46)33(47,48)34(49,50)51/h25H,3-24H2,1-2H3. The molecule has 0 aliphatic rings. The van der Waals surface area contributed by atoms with E-state index in [1.165, 1.54) is 0 Å². The summed E-state index contributed by atoms with van der Waals surface area (Å²) >= 11 is 0. The zero-order chi connectivity index (χ0) is 41.4. The molecule has 1 atom stereocenters. The Kier molecular flexibility index (Phi) is 20.8. The molecule has 0 rings (SSSR count). The average Bonchev–Trinajstić information content (AvgIpc) is 3.04. The van der Waals surface area contributed by atoms with E-state index in [0.717, 1.165) is 89.9 Å². The van der Waals surface area contributed by atoms with E-state index in [-0.39, 0.29) is 12.8 Å². The van der Waals surface area contributed by atoms with Gasteiger partial charge in [-0.2, -0.15) is 74.6 Å². The molecule has 0 saturated carbocycles. The third-order valence-corrected chi connectivity index (χ3v) is 9.09. The lowest BCUT2D eigenvalue weighted by Gasteiger charge is -2.42. The highest BCUT2D eigenvalue weighted by Gasteiger charge is 2.95. The highest BCUT2D eigenvalue weighted by molar-refractivity contribution is 5.72. The van der Waals surface area contributed by atoms with Gasteiger partial charge >= 0.3 is 53.6 Å². The largest absolute Gasteiger partial charge is 0.465 e. The Labute approximate surface area is 299 Å². The molecule has 0 bridgehead atoms.